The summed E-state index contributed by atoms with van der Waals surface area (Å²) in [5, 5.41) is 12.4. The van der Waals surface area contributed by atoms with E-state index in [4.69, 9.17) is 4.74 Å². The second-order valence-corrected chi connectivity index (χ2v) is 6.97. The highest BCUT2D eigenvalue weighted by Crippen LogP contribution is 2.42. The lowest BCUT2D eigenvalue weighted by Crippen LogP contribution is -2.12. The fraction of sp³-hybridized carbons (Fsp3) is 0.158. The van der Waals surface area contributed by atoms with Gasteiger partial charge in [-0.3, -0.25) is 9.36 Å². The molecule has 1 aliphatic heterocycles. The zero-order valence-electron chi connectivity index (χ0n) is 14.0. The molecular weight excluding hydrogens is 350 g/mol. The second kappa shape index (κ2) is 6.76. The summed E-state index contributed by atoms with van der Waals surface area (Å²) >= 11 is 1.54. The molecule has 0 fully saturated rings. The highest BCUT2D eigenvalue weighted by atomic mass is 32.2. The molecule has 3 aromatic rings. The standard InChI is InChI=1S/C19H17N3O3S/c1-25-15-8-4-13(5-9-15)22-11-20-19-17(22)18(26-10-16(24)21-19)12-2-6-14(23)7-3-12/h2-9,11,18,23H,10H2,1H3,(H,21,24). The molecule has 1 amide bonds. The Morgan fingerprint density at radius 2 is 1.92 bits per heavy atom. The predicted molar refractivity (Wildman–Crippen MR) is 101 cm³/mol. The van der Waals surface area contributed by atoms with Crippen LogP contribution in [0.4, 0.5) is 5.82 Å². The summed E-state index contributed by atoms with van der Waals surface area (Å²) in [5.41, 5.74) is 2.83. The van der Waals surface area contributed by atoms with Crippen LogP contribution >= 0.6 is 11.8 Å². The maximum atomic E-state index is 12.1. The smallest absolute Gasteiger partial charge is 0.235 e. The van der Waals surface area contributed by atoms with E-state index in [-0.39, 0.29) is 16.9 Å². The third-order valence-electron chi connectivity index (χ3n) is 4.24. The third kappa shape index (κ3) is 3.01. The lowest BCUT2D eigenvalue weighted by atomic mass is 10.1. The Kier molecular flexibility index (Phi) is 4.30. The van der Waals surface area contributed by atoms with Crippen molar-refractivity contribution in [2.24, 2.45) is 0 Å². The van der Waals surface area contributed by atoms with Gasteiger partial charge in [-0.25, -0.2) is 4.98 Å². The summed E-state index contributed by atoms with van der Waals surface area (Å²) in [5.74, 6) is 1.82. The SMILES string of the molecule is COc1ccc(-n2cnc3c2C(c2ccc(O)cc2)SCC(=O)N3)cc1. The number of hydrogen-bond donors (Lipinski definition) is 2. The average molecular weight is 367 g/mol. The maximum Gasteiger partial charge on any atom is 0.235 e. The molecule has 0 aliphatic carbocycles. The fourth-order valence-corrected chi connectivity index (χ4v) is 4.09. The molecule has 7 heteroatoms. The van der Waals surface area contributed by atoms with Crippen molar-refractivity contribution in [1.82, 2.24) is 9.55 Å². The minimum Gasteiger partial charge on any atom is -0.508 e. The molecule has 0 radical (unpaired) electrons. The maximum absolute atomic E-state index is 12.1. The van der Waals surface area contributed by atoms with Gasteiger partial charge in [0.2, 0.25) is 5.91 Å². The van der Waals surface area contributed by atoms with Crippen molar-refractivity contribution in [3.05, 3.63) is 66.1 Å². The van der Waals surface area contributed by atoms with Gasteiger partial charge in [-0.1, -0.05) is 12.1 Å². The fourth-order valence-electron chi connectivity index (χ4n) is 2.96. The van der Waals surface area contributed by atoms with Crippen molar-refractivity contribution in [2.45, 2.75) is 5.25 Å². The number of nitrogens with zero attached hydrogens (tertiary/aromatic N) is 2. The van der Waals surface area contributed by atoms with E-state index in [1.807, 2.05) is 41.0 Å². The molecule has 4 rings (SSSR count). The summed E-state index contributed by atoms with van der Waals surface area (Å²) in [7, 11) is 1.63. The molecule has 0 bridgehead atoms. The number of carbonyl (C=O) groups excluding carboxylic acids is 1. The van der Waals surface area contributed by atoms with Gasteiger partial charge in [0.05, 0.1) is 23.8 Å². The number of hydrogen-bond acceptors (Lipinski definition) is 5. The van der Waals surface area contributed by atoms with Gasteiger partial charge in [-0.2, -0.15) is 0 Å². The molecule has 2 N–H and O–H groups in total. The predicted octanol–water partition coefficient (Wildman–Crippen LogP) is 3.36. The molecule has 1 atom stereocenters. The topological polar surface area (TPSA) is 76.4 Å². The Morgan fingerprint density at radius 3 is 2.62 bits per heavy atom. The number of rotatable bonds is 3. The van der Waals surface area contributed by atoms with Gasteiger partial charge in [0.15, 0.2) is 5.82 Å². The normalized spacial score (nSPS) is 16.5. The van der Waals surface area contributed by atoms with E-state index in [1.54, 1.807) is 25.6 Å². The number of imidazole rings is 1. The molecule has 6 nitrogen and oxygen atoms in total. The third-order valence-corrected chi connectivity index (χ3v) is 5.50. The van der Waals surface area contributed by atoms with Gasteiger partial charge < -0.3 is 15.2 Å². The number of aromatic nitrogens is 2. The van der Waals surface area contributed by atoms with Crippen LogP contribution in [0.5, 0.6) is 11.5 Å². The minimum atomic E-state index is -0.0887. The molecule has 2 aromatic carbocycles. The minimum absolute atomic E-state index is 0.0718. The van der Waals surface area contributed by atoms with Crippen LogP contribution in [0.3, 0.4) is 0 Å². The van der Waals surface area contributed by atoms with E-state index < -0.39 is 0 Å². The molecule has 2 heterocycles. The van der Waals surface area contributed by atoms with Crippen LogP contribution in [0.15, 0.2) is 54.9 Å². The monoisotopic (exact) mass is 367 g/mol. The number of anilines is 1. The van der Waals surface area contributed by atoms with E-state index >= 15 is 0 Å². The zero-order chi connectivity index (χ0) is 18.1. The summed E-state index contributed by atoms with van der Waals surface area (Å²) in [6, 6.07) is 14.7. The van der Waals surface area contributed by atoms with Gasteiger partial charge >= 0.3 is 0 Å². The number of benzene rings is 2. The number of methoxy groups -OCH3 is 1. The van der Waals surface area contributed by atoms with Crippen LogP contribution in [0, 0.1) is 0 Å². The molecule has 1 unspecified atom stereocenters. The van der Waals surface area contributed by atoms with E-state index in [0.29, 0.717) is 11.6 Å². The van der Waals surface area contributed by atoms with Crippen molar-refractivity contribution >= 4 is 23.5 Å². The largest absolute Gasteiger partial charge is 0.508 e. The van der Waals surface area contributed by atoms with Crippen molar-refractivity contribution in [3.8, 4) is 17.2 Å². The van der Waals surface area contributed by atoms with Crippen molar-refractivity contribution in [1.29, 1.82) is 0 Å². The number of phenols is 1. The van der Waals surface area contributed by atoms with Crippen LogP contribution in [0.2, 0.25) is 0 Å². The molecule has 1 aromatic heterocycles. The van der Waals surface area contributed by atoms with Crippen LogP contribution in [-0.2, 0) is 4.79 Å². The Morgan fingerprint density at radius 1 is 1.19 bits per heavy atom. The Labute approximate surface area is 154 Å². The van der Waals surface area contributed by atoms with Crippen molar-refractivity contribution < 1.29 is 14.6 Å². The Hall–Kier alpha value is -2.93. The molecule has 0 spiro atoms. The van der Waals surface area contributed by atoms with Crippen LogP contribution in [0.1, 0.15) is 16.5 Å². The molecule has 0 saturated heterocycles. The first-order valence-electron chi connectivity index (χ1n) is 8.08. The first-order valence-corrected chi connectivity index (χ1v) is 9.12. The number of thioether (sulfide) groups is 1. The number of phenolic OH excluding ortho intramolecular Hbond substituents is 1. The molecule has 26 heavy (non-hydrogen) atoms. The quantitative estimate of drug-likeness (QED) is 0.742. The van der Waals surface area contributed by atoms with Gasteiger partial charge in [-0.15, -0.1) is 11.8 Å². The molecule has 132 valence electrons. The van der Waals surface area contributed by atoms with Gasteiger partial charge in [-0.05, 0) is 42.0 Å². The number of aromatic hydroxyl groups is 1. The summed E-state index contributed by atoms with van der Waals surface area (Å²) < 4.78 is 7.20. The molecule has 0 saturated carbocycles. The van der Waals surface area contributed by atoms with E-state index in [9.17, 15) is 9.90 Å². The number of fused-ring (bicyclic) bond motifs is 1. The van der Waals surface area contributed by atoms with Gasteiger partial charge in [0.1, 0.15) is 17.8 Å². The van der Waals surface area contributed by atoms with Gasteiger partial charge in [0, 0.05) is 5.69 Å². The zero-order valence-corrected chi connectivity index (χ0v) is 14.9. The summed E-state index contributed by atoms with van der Waals surface area (Å²) in [6.45, 7) is 0. The number of amides is 1. The lowest BCUT2D eigenvalue weighted by Gasteiger charge is -2.18. The van der Waals surface area contributed by atoms with Crippen LogP contribution in [0.25, 0.3) is 5.69 Å². The first-order chi connectivity index (χ1) is 12.7. The number of ether oxygens (including phenoxy) is 1. The summed E-state index contributed by atoms with van der Waals surface area (Å²) in [6.07, 6.45) is 1.71. The van der Waals surface area contributed by atoms with E-state index in [1.165, 1.54) is 11.8 Å². The van der Waals surface area contributed by atoms with E-state index in [2.05, 4.69) is 10.3 Å². The molecule has 1 aliphatic rings. The van der Waals surface area contributed by atoms with Crippen LogP contribution < -0.4 is 10.1 Å². The first kappa shape index (κ1) is 16.5. The Balaban J connectivity index is 1.83. The number of nitrogens with one attached hydrogen (secondary N) is 1. The Bertz CT molecular complexity index is 936. The second-order valence-electron chi connectivity index (χ2n) is 5.88. The van der Waals surface area contributed by atoms with Crippen molar-refractivity contribution in [3.63, 3.8) is 0 Å². The highest BCUT2D eigenvalue weighted by Gasteiger charge is 2.29. The highest BCUT2D eigenvalue weighted by molar-refractivity contribution is 8.00. The average Bonchev–Trinajstić information content (AvgIpc) is 2.99. The van der Waals surface area contributed by atoms with E-state index in [0.717, 1.165) is 22.7 Å². The summed E-state index contributed by atoms with van der Waals surface area (Å²) in [4.78, 5) is 16.5. The van der Waals surface area contributed by atoms with Gasteiger partial charge in [0.25, 0.3) is 0 Å². The number of carbonyl (C=O) groups is 1. The van der Waals surface area contributed by atoms with Crippen LogP contribution in [-0.4, -0.2) is 33.4 Å². The van der Waals surface area contributed by atoms with Crippen molar-refractivity contribution in [2.75, 3.05) is 18.2 Å². The molecular formula is C19H17N3O3S. The lowest BCUT2D eigenvalue weighted by molar-refractivity contribution is -0.113.